The van der Waals surface area contributed by atoms with Gasteiger partial charge in [0.2, 0.25) is 0 Å². The van der Waals surface area contributed by atoms with E-state index in [0.29, 0.717) is 23.9 Å². The number of halogens is 2. The molecule has 2 atom stereocenters. The van der Waals surface area contributed by atoms with Gasteiger partial charge in [-0.1, -0.05) is 48.9 Å². The van der Waals surface area contributed by atoms with Gasteiger partial charge in [-0.2, -0.15) is 0 Å². The molecule has 3 nitrogen and oxygen atoms in total. The van der Waals surface area contributed by atoms with Crippen molar-refractivity contribution in [2.24, 2.45) is 17.3 Å². The lowest BCUT2D eigenvalue weighted by Gasteiger charge is -2.31. The molecule has 0 saturated heterocycles. The van der Waals surface area contributed by atoms with Crippen LogP contribution in [0.2, 0.25) is 0 Å². The fraction of sp³-hybridized carbons (Fsp3) is 0.640. The number of carboxylic acid groups (broad SMARTS) is 1. The molecule has 30 heavy (non-hydrogen) atoms. The van der Waals surface area contributed by atoms with Crippen molar-refractivity contribution in [1.82, 2.24) is 5.32 Å². The van der Waals surface area contributed by atoms with Gasteiger partial charge in [0.15, 0.2) is 0 Å². The molecule has 1 aromatic carbocycles. The van der Waals surface area contributed by atoms with Crippen molar-refractivity contribution in [1.29, 1.82) is 0 Å². The average Bonchev–Trinajstić information content (AvgIpc) is 3.45. The Labute approximate surface area is 194 Å². The number of nitrogens with one attached hydrogen (secondary N) is 1. The zero-order valence-electron chi connectivity index (χ0n) is 18.6. The third kappa shape index (κ3) is 7.59. The summed E-state index contributed by atoms with van der Waals surface area (Å²) in [6.07, 6.45) is 11.6. The first-order valence-electron chi connectivity index (χ1n) is 11.1. The van der Waals surface area contributed by atoms with Crippen LogP contribution in [0.25, 0.3) is 6.08 Å². The molecule has 2 aliphatic carbocycles. The largest absolute Gasteiger partial charge is 0.481 e. The minimum absolute atomic E-state index is 0. The number of carbonyl (C=O) groups is 1. The second kappa shape index (κ2) is 12.1. The van der Waals surface area contributed by atoms with Crippen LogP contribution in [0, 0.1) is 17.3 Å². The van der Waals surface area contributed by atoms with E-state index >= 15 is 0 Å². The van der Waals surface area contributed by atoms with Crippen LogP contribution in [0.5, 0.6) is 0 Å². The molecule has 0 spiro atoms. The minimum Gasteiger partial charge on any atom is -0.481 e. The van der Waals surface area contributed by atoms with Crippen LogP contribution in [0.3, 0.4) is 0 Å². The molecular formula is C25H39Cl2NO2. The Morgan fingerprint density at radius 2 is 1.77 bits per heavy atom. The lowest BCUT2D eigenvalue weighted by atomic mass is 9.78. The van der Waals surface area contributed by atoms with Gasteiger partial charge < -0.3 is 10.4 Å². The smallest absolute Gasteiger partial charge is 0.309 e. The number of rotatable bonds is 9. The van der Waals surface area contributed by atoms with Gasteiger partial charge in [-0.15, -0.1) is 24.8 Å². The van der Waals surface area contributed by atoms with Crippen molar-refractivity contribution in [3.63, 3.8) is 0 Å². The first kappa shape index (κ1) is 27.0. The summed E-state index contributed by atoms with van der Waals surface area (Å²) < 4.78 is 0. The lowest BCUT2D eigenvalue weighted by Crippen LogP contribution is -2.36. The Morgan fingerprint density at radius 3 is 2.33 bits per heavy atom. The van der Waals surface area contributed by atoms with E-state index in [-0.39, 0.29) is 24.8 Å². The zero-order chi connectivity index (χ0) is 20.1. The molecule has 0 bridgehead atoms. The SMILES string of the molecule is CC/C(=C\c1ccccc1)[C@@H]1C[C@H]1NC1CCC(CCC(C)(C)C(=O)O)CC1.Cl.Cl. The molecule has 5 heteroatoms. The molecule has 0 aliphatic heterocycles. The number of aliphatic carboxylic acids is 1. The highest BCUT2D eigenvalue weighted by molar-refractivity contribution is 5.85. The molecule has 2 fully saturated rings. The van der Waals surface area contributed by atoms with Gasteiger partial charge in [0.25, 0.3) is 0 Å². The summed E-state index contributed by atoms with van der Waals surface area (Å²) in [5.41, 5.74) is 2.31. The van der Waals surface area contributed by atoms with Crippen molar-refractivity contribution in [2.45, 2.75) is 84.2 Å². The Kier molecular flexibility index (Phi) is 10.9. The van der Waals surface area contributed by atoms with Gasteiger partial charge >= 0.3 is 5.97 Å². The van der Waals surface area contributed by atoms with Gasteiger partial charge in [0.1, 0.15) is 0 Å². The van der Waals surface area contributed by atoms with Crippen molar-refractivity contribution >= 4 is 36.9 Å². The second-order valence-corrected chi connectivity index (χ2v) is 9.54. The Balaban J connectivity index is 0.00000225. The van der Waals surface area contributed by atoms with Crippen LogP contribution in [-0.2, 0) is 4.79 Å². The third-order valence-corrected chi connectivity index (χ3v) is 6.88. The van der Waals surface area contributed by atoms with Crippen LogP contribution in [0.1, 0.15) is 77.7 Å². The van der Waals surface area contributed by atoms with Crippen LogP contribution >= 0.6 is 24.8 Å². The molecule has 2 saturated carbocycles. The average molecular weight is 456 g/mol. The standard InChI is InChI=1S/C25H37NO2.2ClH/c1-4-20(16-19-8-6-5-7-9-19)22-17-23(22)26-21-12-10-18(11-13-21)14-15-25(2,3)24(27)28;;/h5-9,16,18,21-23,26H,4,10-15,17H2,1-3H3,(H,27,28);2*1H/b20-16+;;/t18?,21?,22-,23+;;/m0../s1. The van der Waals surface area contributed by atoms with Crippen LogP contribution in [0.15, 0.2) is 35.9 Å². The predicted octanol–water partition coefficient (Wildman–Crippen LogP) is 6.75. The molecule has 0 aromatic heterocycles. The first-order chi connectivity index (χ1) is 13.4. The summed E-state index contributed by atoms with van der Waals surface area (Å²) in [6.45, 7) is 5.97. The van der Waals surface area contributed by atoms with Gasteiger partial charge in [0, 0.05) is 12.1 Å². The highest BCUT2D eigenvalue weighted by Gasteiger charge is 2.40. The van der Waals surface area contributed by atoms with E-state index < -0.39 is 11.4 Å². The maximum atomic E-state index is 11.3. The topological polar surface area (TPSA) is 49.3 Å². The Hall–Kier alpha value is -1.03. The normalized spacial score (nSPS) is 26.3. The van der Waals surface area contributed by atoms with E-state index in [1.54, 1.807) is 5.57 Å². The number of hydrogen-bond donors (Lipinski definition) is 2. The van der Waals surface area contributed by atoms with E-state index in [4.69, 9.17) is 0 Å². The highest BCUT2D eigenvalue weighted by atomic mass is 35.5. The molecule has 170 valence electrons. The van der Waals surface area contributed by atoms with E-state index in [0.717, 1.165) is 19.3 Å². The second-order valence-electron chi connectivity index (χ2n) is 9.54. The maximum absolute atomic E-state index is 11.3. The van der Waals surface area contributed by atoms with Gasteiger partial charge in [0.05, 0.1) is 5.41 Å². The van der Waals surface area contributed by atoms with Crippen molar-refractivity contribution in [2.75, 3.05) is 0 Å². The van der Waals surface area contributed by atoms with Gasteiger partial charge in [-0.3, -0.25) is 4.79 Å². The molecule has 2 aliphatic rings. The predicted molar refractivity (Wildman–Crippen MR) is 131 cm³/mol. The van der Waals surface area contributed by atoms with E-state index in [2.05, 4.69) is 48.6 Å². The van der Waals surface area contributed by atoms with E-state index in [1.807, 2.05) is 13.8 Å². The van der Waals surface area contributed by atoms with Crippen LogP contribution < -0.4 is 5.32 Å². The molecule has 0 heterocycles. The molecule has 1 aromatic rings. The number of benzene rings is 1. The summed E-state index contributed by atoms with van der Waals surface area (Å²) in [5, 5.41) is 13.2. The van der Waals surface area contributed by atoms with Crippen LogP contribution in [0.4, 0.5) is 0 Å². The first-order valence-corrected chi connectivity index (χ1v) is 11.1. The highest BCUT2D eigenvalue weighted by Crippen LogP contribution is 2.41. The quantitative estimate of drug-likeness (QED) is 0.432. The number of hydrogen-bond acceptors (Lipinski definition) is 2. The fourth-order valence-electron chi connectivity index (χ4n) is 4.62. The summed E-state index contributed by atoms with van der Waals surface area (Å²) in [5.74, 6) is 0.744. The molecule has 2 N–H and O–H groups in total. The van der Waals surface area contributed by atoms with Crippen LogP contribution in [-0.4, -0.2) is 23.2 Å². The fourth-order valence-corrected chi connectivity index (χ4v) is 4.62. The molecular weight excluding hydrogens is 417 g/mol. The Morgan fingerprint density at radius 1 is 1.13 bits per heavy atom. The lowest BCUT2D eigenvalue weighted by molar-refractivity contribution is -0.147. The molecule has 0 radical (unpaired) electrons. The van der Waals surface area contributed by atoms with Crippen molar-refractivity contribution in [3.8, 4) is 0 Å². The zero-order valence-corrected chi connectivity index (χ0v) is 20.2. The monoisotopic (exact) mass is 455 g/mol. The summed E-state index contributed by atoms with van der Waals surface area (Å²) >= 11 is 0. The number of carboxylic acids is 1. The van der Waals surface area contributed by atoms with Gasteiger partial charge in [-0.25, -0.2) is 0 Å². The minimum atomic E-state index is -0.669. The maximum Gasteiger partial charge on any atom is 0.309 e. The molecule has 0 unspecified atom stereocenters. The summed E-state index contributed by atoms with van der Waals surface area (Å²) in [6, 6.07) is 12.0. The van der Waals surface area contributed by atoms with Crippen molar-refractivity contribution < 1.29 is 9.90 Å². The third-order valence-electron chi connectivity index (χ3n) is 6.88. The molecule has 0 amide bonds. The van der Waals surface area contributed by atoms with E-state index in [1.165, 1.54) is 37.7 Å². The van der Waals surface area contributed by atoms with E-state index in [9.17, 15) is 9.90 Å². The van der Waals surface area contributed by atoms with Gasteiger partial charge in [-0.05, 0) is 82.6 Å². The summed E-state index contributed by atoms with van der Waals surface area (Å²) in [7, 11) is 0. The Bertz CT molecular complexity index is 682. The molecule has 3 rings (SSSR count). The summed E-state index contributed by atoms with van der Waals surface area (Å²) in [4.78, 5) is 11.3. The van der Waals surface area contributed by atoms with Crippen molar-refractivity contribution in [3.05, 3.63) is 41.5 Å².